The lowest BCUT2D eigenvalue weighted by Gasteiger charge is -2.33. The molecule has 0 spiro atoms. The van der Waals surface area contributed by atoms with Gasteiger partial charge in [-0.15, -0.1) is 0 Å². The molecule has 0 saturated carbocycles. The number of ether oxygens (including phenoxy) is 1. The zero-order valence-corrected chi connectivity index (χ0v) is 11.7. The molecule has 6 nitrogen and oxygen atoms in total. The minimum absolute atomic E-state index is 0.0267. The second-order valence-corrected chi connectivity index (χ2v) is 5.28. The maximum Gasteiger partial charge on any atom is 0.311 e. The van der Waals surface area contributed by atoms with E-state index in [1.54, 1.807) is 18.2 Å². The molecule has 1 aromatic carbocycles. The maximum absolute atomic E-state index is 11.9. The average molecular weight is 293 g/mol. The second kappa shape index (κ2) is 6.58. The summed E-state index contributed by atoms with van der Waals surface area (Å²) in [5.74, 6) is -1.15. The molecule has 0 unspecified atom stereocenters. The van der Waals surface area contributed by atoms with Crippen LogP contribution >= 0.6 is 0 Å². The van der Waals surface area contributed by atoms with Crippen LogP contribution in [0.2, 0.25) is 0 Å². The van der Waals surface area contributed by atoms with Crippen LogP contribution < -0.4 is 5.32 Å². The normalized spacial score (nSPS) is 17.1. The van der Waals surface area contributed by atoms with Crippen LogP contribution in [0.1, 0.15) is 18.4 Å². The highest BCUT2D eigenvalue weighted by atomic mass is 16.5. The summed E-state index contributed by atoms with van der Waals surface area (Å²) >= 11 is 0. The minimum Gasteiger partial charge on any atom is -0.508 e. The Hall–Kier alpha value is -2.08. The van der Waals surface area contributed by atoms with Crippen molar-refractivity contribution >= 4 is 11.9 Å². The molecule has 0 aromatic heterocycles. The number of nitrogens with one attached hydrogen (secondary N) is 1. The first kappa shape index (κ1) is 15.3. The van der Waals surface area contributed by atoms with Crippen LogP contribution in [-0.4, -0.2) is 41.8 Å². The van der Waals surface area contributed by atoms with Gasteiger partial charge in [-0.2, -0.15) is 0 Å². The smallest absolute Gasteiger partial charge is 0.311 e. The summed E-state index contributed by atoms with van der Waals surface area (Å²) in [7, 11) is 0. The Morgan fingerprint density at radius 2 is 1.90 bits per heavy atom. The minimum atomic E-state index is -0.952. The predicted molar refractivity (Wildman–Crippen MR) is 74.9 cm³/mol. The zero-order chi connectivity index (χ0) is 15.3. The second-order valence-electron chi connectivity index (χ2n) is 5.28. The molecule has 1 heterocycles. The number of phenols is 1. The fraction of sp³-hybridized carbons (Fsp3) is 0.467. The number of para-hydroxylation sites is 1. The average Bonchev–Trinajstić information content (AvgIpc) is 2.48. The van der Waals surface area contributed by atoms with Crippen molar-refractivity contribution in [3.05, 3.63) is 29.8 Å². The summed E-state index contributed by atoms with van der Waals surface area (Å²) in [6, 6.07) is 6.59. The van der Waals surface area contributed by atoms with Gasteiger partial charge >= 0.3 is 5.97 Å². The topological polar surface area (TPSA) is 95.9 Å². The van der Waals surface area contributed by atoms with E-state index in [0.717, 1.165) is 0 Å². The number of amides is 1. The molecule has 1 aromatic rings. The molecule has 0 radical (unpaired) electrons. The van der Waals surface area contributed by atoms with Crippen molar-refractivity contribution in [3.8, 4) is 5.75 Å². The van der Waals surface area contributed by atoms with E-state index >= 15 is 0 Å². The Labute approximate surface area is 122 Å². The van der Waals surface area contributed by atoms with Crippen molar-refractivity contribution in [2.75, 3.05) is 19.8 Å². The summed E-state index contributed by atoms with van der Waals surface area (Å²) in [6.45, 7) is 0.863. The van der Waals surface area contributed by atoms with Crippen molar-refractivity contribution in [1.29, 1.82) is 0 Å². The lowest BCUT2D eigenvalue weighted by Crippen LogP contribution is -2.46. The number of carbonyl (C=O) groups excluding carboxylic acids is 1. The summed E-state index contributed by atoms with van der Waals surface area (Å²) in [5, 5.41) is 21.7. The van der Waals surface area contributed by atoms with Crippen LogP contribution in [0.25, 0.3) is 0 Å². The third-order valence-electron chi connectivity index (χ3n) is 3.87. The highest BCUT2D eigenvalue weighted by molar-refractivity contribution is 5.81. The van der Waals surface area contributed by atoms with Gasteiger partial charge in [0, 0.05) is 25.3 Å². The Morgan fingerprint density at radius 3 is 2.52 bits per heavy atom. The fourth-order valence-corrected chi connectivity index (χ4v) is 2.39. The molecule has 6 heteroatoms. The molecule has 1 aliphatic heterocycles. The van der Waals surface area contributed by atoms with Crippen LogP contribution in [0.4, 0.5) is 0 Å². The van der Waals surface area contributed by atoms with E-state index in [1.165, 1.54) is 6.07 Å². The molecular formula is C15H19NO5. The molecule has 0 aliphatic carbocycles. The molecule has 1 aliphatic rings. The van der Waals surface area contributed by atoms with E-state index in [9.17, 15) is 19.8 Å². The summed E-state index contributed by atoms with van der Waals surface area (Å²) < 4.78 is 5.18. The van der Waals surface area contributed by atoms with Crippen LogP contribution in [0.3, 0.4) is 0 Å². The first-order valence-corrected chi connectivity index (χ1v) is 6.88. The van der Waals surface area contributed by atoms with Crippen LogP contribution in [-0.2, 0) is 20.7 Å². The van der Waals surface area contributed by atoms with Gasteiger partial charge in [-0.05, 0) is 18.9 Å². The molecule has 21 heavy (non-hydrogen) atoms. The molecule has 114 valence electrons. The van der Waals surface area contributed by atoms with E-state index in [4.69, 9.17) is 4.74 Å². The Bertz CT molecular complexity index is 523. The summed E-state index contributed by atoms with van der Waals surface area (Å²) in [4.78, 5) is 23.4. The van der Waals surface area contributed by atoms with Gasteiger partial charge < -0.3 is 20.3 Å². The summed E-state index contributed by atoms with van der Waals surface area (Å²) in [5.41, 5.74) is -0.432. The van der Waals surface area contributed by atoms with Crippen LogP contribution in [0, 0.1) is 5.41 Å². The quantitative estimate of drug-likeness (QED) is 0.750. The first-order valence-electron chi connectivity index (χ1n) is 6.88. The number of phenolic OH excluding ortho intramolecular Hbond substituents is 1. The summed E-state index contributed by atoms with van der Waals surface area (Å²) in [6.07, 6.45) is 0.803. The lowest BCUT2D eigenvalue weighted by molar-refractivity contribution is -0.154. The number of hydrogen-bond donors (Lipinski definition) is 3. The zero-order valence-electron chi connectivity index (χ0n) is 11.7. The Morgan fingerprint density at radius 1 is 1.24 bits per heavy atom. The largest absolute Gasteiger partial charge is 0.508 e. The van der Waals surface area contributed by atoms with Gasteiger partial charge in [0.1, 0.15) is 5.75 Å². The first-order chi connectivity index (χ1) is 10.0. The number of carbonyl (C=O) groups is 2. The SMILES string of the molecule is O=C(Cc1ccccc1O)NCC1(C(=O)O)CCOCC1. The van der Waals surface area contributed by atoms with Crippen LogP contribution in [0.15, 0.2) is 24.3 Å². The van der Waals surface area contributed by atoms with Gasteiger partial charge in [0.15, 0.2) is 0 Å². The Kier molecular flexibility index (Phi) is 4.80. The van der Waals surface area contributed by atoms with Crippen molar-refractivity contribution in [2.24, 2.45) is 5.41 Å². The molecule has 1 saturated heterocycles. The van der Waals surface area contributed by atoms with Gasteiger partial charge in [0.2, 0.25) is 5.91 Å². The number of hydrogen-bond acceptors (Lipinski definition) is 4. The van der Waals surface area contributed by atoms with Crippen molar-refractivity contribution in [2.45, 2.75) is 19.3 Å². The van der Waals surface area contributed by atoms with Gasteiger partial charge in [0.05, 0.1) is 11.8 Å². The van der Waals surface area contributed by atoms with Crippen molar-refractivity contribution in [1.82, 2.24) is 5.32 Å². The lowest BCUT2D eigenvalue weighted by atomic mass is 9.80. The molecule has 1 fully saturated rings. The highest BCUT2D eigenvalue weighted by Gasteiger charge is 2.40. The van der Waals surface area contributed by atoms with Gasteiger partial charge in [-0.3, -0.25) is 9.59 Å². The molecule has 0 bridgehead atoms. The third-order valence-corrected chi connectivity index (χ3v) is 3.87. The van der Waals surface area contributed by atoms with E-state index in [2.05, 4.69) is 5.32 Å². The van der Waals surface area contributed by atoms with E-state index < -0.39 is 11.4 Å². The number of carboxylic acids is 1. The highest BCUT2D eigenvalue weighted by Crippen LogP contribution is 2.30. The fourth-order valence-electron chi connectivity index (χ4n) is 2.39. The standard InChI is InChI=1S/C15H19NO5/c17-12-4-2-1-3-11(12)9-13(18)16-10-15(14(19)20)5-7-21-8-6-15/h1-4,17H,5-10H2,(H,16,18)(H,19,20). The number of aromatic hydroxyl groups is 1. The third kappa shape index (κ3) is 3.72. The van der Waals surface area contributed by atoms with E-state index in [-0.39, 0.29) is 24.6 Å². The van der Waals surface area contributed by atoms with Crippen LogP contribution in [0.5, 0.6) is 5.75 Å². The van der Waals surface area contributed by atoms with Gasteiger partial charge in [0.25, 0.3) is 0 Å². The Balaban J connectivity index is 1.93. The molecule has 0 atom stereocenters. The molecule has 1 amide bonds. The van der Waals surface area contributed by atoms with E-state index in [0.29, 0.717) is 31.6 Å². The molecule has 3 N–H and O–H groups in total. The number of carboxylic acid groups (broad SMARTS) is 1. The van der Waals surface area contributed by atoms with E-state index in [1.807, 2.05) is 0 Å². The predicted octanol–water partition coefficient (Wildman–Crippen LogP) is 0.932. The van der Waals surface area contributed by atoms with Gasteiger partial charge in [-0.25, -0.2) is 0 Å². The van der Waals surface area contributed by atoms with Crippen molar-refractivity contribution < 1.29 is 24.5 Å². The number of benzene rings is 1. The molecular weight excluding hydrogens is 274 g/mol. The number of rotatable bonds is 5. The maximum atomic E-state index is 11.9. The van der Waals surface area contributed by atoms with Gasteiger partial charge in [-0.1, -0.05) is 18.2 Å². The van der Waals surface area contributed by atoms with Crippen molar-refractivity contribution in [3.63, 3.8) is 0 Å². The molecule has 2 rings (SSSR count). The monoisotopic (exact) mass is 293 g/mol. The number of aliphatic carboxylic acids is 1.